The Hall–Kier alpha value is -2.34. The molecule has 24 heavy (non-hydrogen) atoms. The van der Waals surface area contributed by atoms with E-state index in [9.17, 15) is 13.2 Å². The van der Waals surface area contributed by atoms with Gasteiger partial charge >= 0.3 is 0 Å². The van der Waals surface area contributed by atoms with Crippen LogP contribution in [0.5, 0.6) is 0 Å². The van der Waals surface area contributed by atoms with Gasteiger partial charge in [-0.1, -0.05) is 29.8 Å². The third kappa shape index (κ3) is 3.59. The number of sulfonamides is 1. The van der Waals surface area contributed by atoms with Gasteiger partial charge in [-0.05, 0) is 50.5 Å². The summed E-state index contributed by atoms with van der Waals surface area (Å²) in [6.45, 7) is 3.67. The van der Waals surface area contributed by atoms with E-state index in [-0.39, 0.29) is 22.5 Å². The van der Waals surface area contributed by atoms with Crippen molar-refractivity contribution in [2.45, 2.75) is 37.6 Å². The van der Waals surface area contributed by atoms with Gasteiger partial charge in [0.1, 0.15) is 0 Å². The zero-order chi connectivity index (χ0) is 17.3. The highest BCUT2D eigenvalue weighted by Gasteiger charge is 2.26. The number of hydrogen-bond donors (Lipinski definition) is 2. The summed E-state index contributed by atoms with van der Waals surface area (Å²) in [4.78, 5) is 12.5. The zero-order valence-electron chi connectivity index (χ0n) is 13.7. The molecule has 5 nitrogen and oxygen atoms in total. The predicted molar refractivity (Wildman–Crippen MR) is 93.7 cm³/mol. The standard InChI is InChI=1S/C18H20N2O3S/c1-12-7-10-17(13(2)11-12)24(22,23)20-16-6-4-3-5-15(16)18(21)19-14-8-9-14/h3-7,10-11,14,20H,8-9H2,1-2H3,(H,19,21). The molecule has 1 saturated carbocycles. The number of nitrogens with one attached hydrogen (secondary N) is 2. The van der Waals surface area contributed by atoms with Crippen LogP contribution in [-0.2, 0) is 10.0 Å². The molecule has 2 aromatic carbocycles. The van der Waals surface area contributed by atoms with Crippen molar-refractivity contribution in [3.8, 4) is 0 Å². The summed E-state index contributed by atoms with van der Waals surface area (Å²) in [5, 5.41) is 2.88. The molecule has 3 rings (SSSR count). The summed E-state index contributed by atoms with van der Waals surface area (Å²) >= 11 is 0. The number of benzene rings is 2. The molecule has 2 N–H and O–H groups in total. The number of anilines is 1. The molecule has 0 unspecified atom stereocenters. The molecule has 1 amide bonds. The third-order valence-corrected chi connectivity index (χ3v) is 5.47. The molecule has 0 aromatic heterocycles. The van der Waals surface area contributed by atoms with E-state index in [1.807, 2.05) is 13.0 Å². The SMILES string of the molecule is Cc1ccc(S(=O)(=O)Nc2ccccc2C(=O)NC2CC2)c(C)c1. The second-order valence-corrected chi connectivity index (χ2v) is 7.82. The van der Waals surface area contributed by atoms with E-state index in [1.165, 1.54) is 0 Å². The van der Waals surface area contributed by atoms with Gasteiger partial charge in [-0.3, -0.25) is 9.52 Å². The lowest BCUT2D eigenvalue weighted by molar-refractivity contribution is 0.0952. The number of aryl methyl sites for hydroxylation is 2. The number of hydrogen-bond acceptors (Lipinski definition) is 3. The average molecular weight is 344 g/mol. The molecule has 126 valence electrons. The minimum absolute atomic E-state index is 0.210. The third-order valence-electron chi connectivity index (χ3n) is 3.95. The Morgan fingerprint density at radius 3 is 2.46 bits per heavy atom. The molecular formula is C18H20N2O3S. The van der Waals surface area contributed by atoms with Crippen LogP contribution in [0.15, 0.2) is 47.4 Å². The van der Waals surface area contributed by atoms with Gasteiger partial charge in [-0.15, -0.1) is 0 Å². The van der Waals surface area contributed by atoms with Crippen molar-refractivity contribution in [3.05, 3.63) is 59.2 Å². The van der Waals surface area contributed by atoms with Crippen LogP contribution in [0, 0.1) is 13.8 Å². The number of carbonyl (C=O) groups excluding carboxylic acids is 1. The largest absolute Gasteiger partial charge is 0.349 e. The van der Waals surface area contributed by atoms with Gasteiger partial charge in [-0.2, -0.15) is 0 Å². The molecule has 0 radical (unpaired) electrons. The van der Waals surface area contributed by atoms with Crippen LogP contribution in [-0.4, -0.2) is 20.4 Å². The van der Waals surface area contributed by atoms with E-state index in [1.54, 1.807) is 43.3 Å². The fourth-order valence-electron chi connectivity index (χ4n) is 2.56. The van der Waals surface area contributed by atoms with E-state index < -0.39 is 10.0 Å². The molecule has 1 aliphatic carbocycles. The van der Waals surface area contributed by atoms with Crippen molar-refractivity contribution >= 4 is 21.6 Å². The van der Waals surface area contributed by atoms with E-state index in [0.29, 0.717) is 11.1 Å². The summed E-state index contributed by atoms with van der Waals surface area (Å²) in [5.41, 5.74) is 2.28. The summed E-state index contributed by atoms with van der Waals surface area (Å²) in [7, 11) is -3.76. The molecule has 0 saturated heterocycles. The lowest BCUT2D eigenvalue weighted by Gasteiger charge is -2.14. The van der Waals surface area contributed by atoms with Gasteiger partial charge in [0.15, 0.2) is 0 Å². The van der Waals surface area contributed by atoms with Crippen LogP contribution in [0.4, 0.5) is 5.69 Å². The Balaban J connectivity index is 1.91. The second kappa shape index (κ2) is 6.28. The summed E-state index contributed by atoms with van der Waals surface area (Å²) in [6.07, 6.45) is 1.95. The minimum Gasteiger partial charge on any atom is -0.349 e. The van der Waals surface area contributed by atoms with Crippen LogP contribution >= 0.6 is 0 Å². The molecule has 0 aliphatic heterocycles. The number of carbonyl (C=O) groups is 1. The summed E-state index contributed by atoms with van der Waals surface area (Å²) in [6, 6.07) is 12.0. The lowest BCUT2D eigenvalue weighted by atomic mass is 10.1. The quantitative estimate of drug-likeness (QED) is 0.875. The van der Waals surface area contributed by atoms with Crippen molar-refractivity contribution in [1.82, 2.24) is 5.32 Å². The normalized spacial score (nSPS) is 14.2. The Labute approximate surface area is 142 Å². The Bertz CT molecular complexity index is 887. The molecule has 2 aromatic rings. The van der Waals surface area contributed by atoms with Crippen molar-refractivity contribution in [2.24, 2.45) is 0 Å². The maximum atomic E-state index is 12.7. The lowest BCUT2D eigenvalue weighted by Crippen LogP contribution is -2.27. The highest BCUT2D eigenvalue weighted by atomic mass is 32.2. The molecule has 6 heteroatoms. The Kier molecular flexibility index (Phi) is 4.32. The monoisotopic (exact) mass is 344 g/mol. The molecule has 0 heterocycles. The van der Waals surface area contributed by atoms with Gasteiger partial charge < -0.3 is 5.32 Å². The first-order valence-corrected chi connectivity index (χ1v) is 9.35. The van der Waals surface area contributed by atoms with Crippen LogP contribution in [0.1, 0.15) is 34.3 Å². The molecular weight excluding hydrogens is 324 g/mol. The van der Waals surface area contributed by atoms with Crippen molar-refractivity contribution < 1.29 is 13.2 Å². The van der Waals surface area contributed by atoms with E-state index in [2.05, 4.69) is 10.0 Å². The Morgan fingerprint density at radius 1 is 1.08 bits per heavy atom. The summed E-state index contributed by atoms with van der Waals surface area (Å²) in [5.74, 6) is -0.253. The van der Waals surface area contributed by atoms with E-state index in [4.69, 9.17) is 0 Å². The van der Waals surface area contributed by atoms with Crippen molar-refractivity contribution in [1.29, 1.82) is 0 Å². The first-order chi connectivity index (χ1) is 11.4. The highest BCUT2D eigenvalue weighted by molar-refractivity contribution is 7.92. The van der Waals surface area contributed by atoms with E-state index >= 15 is 0 Å². The predicted octanol–water partition coefficient (Wildman–Crippen LogP) is 3.00. The van der Waals surface area contributed by atoms with Gasteiger partial charge in [0, 0.05) is 6.04 Å². The molecule has 1 aliphatic rings. The van der Waals surface area contributed by atoms with Crippen LogP contribution in [0.25, 0.3) is 0 Å². The number of para-hydroxylation sites is 1. The fraction of sp³-hybridized carbons (Fsp3) is 0.278. The van der Waals surface area contributed by atoms with E-state index in [0.717, 1.165) is 18.4 Å². The maximum absolute atomic E-state index is 12.7. The molecule has 0 atom stereocenters. The first-order valence-electron chi connectivity index (χ1n) is 7.87. The Morgan fingerprint density at radius 2 is 1.79 bits per heavy atom. The number of amides is 1. The maximum Gasteiger partial charge on any atom is 0.262 e. The summed E-state index contributed by atoms with van der Waals surface area (Å²) < 4.78 is 27.9. The van der Waals surface area contributed by atoms with Gasteiger partial charge in [-0.25, -0.2) is 8.42 Å². The van der Waals surface area contributed by atoms with Gasteiger partial charge in [0.25, 0.3) is 15.9 Å². The number of rotatable bonds is 5. The van der Waals surface area contributed by atoms with Crippen molar-refractivity contribution in [3.63, 3.8) is 0 Å². The zero-order valence-corrected chi connectivity index (χ0v) is 14.5. The molecule has 0 bridgehead atoms. The minimum atomic E-state index is -3.76. The van der Waals surface area contributed by atoms with Crippen LogP contribution in [0.2, 0.25) is 0 Å². The van der Waals surface area contributed by atoms with Crippen LogP contribution in [0.3, 0.4) is 0 Å². The van der Waals surface area contributed by atoms with Gasteiger partial charge in [0.2, 0.25) is 0 Å². The molecule has 0 spiro atoms. The molecule has 1 fully saturated rings. The fourth-order valence-corrected chi connectivity index (χ4v) is 3.87. The van der Waals surface area contributed by atoms with Gasteiger partial charge in [0.05, 0.1) is 16.1 Å². The van der Waals surface area contributed by atoms with Crippen LogP contribution < -0.4 is 10.0 Å². The van der Waals surface area contributed by atoms with Crippen molar-refractivity contribution in [2.75, 3.05) is 4.72 Å². The highest BCUT2D eigenvalue weighted by Crippen LogP contribution is 2.24. The smallest absolute Gasteiger partial charge is 0.262 e. The second-order valence-electron chi connectivity index (χ2n) is 6.17. The topological polar surface area (TPSA) is 75.3 Å². The average Bonchev–Trinajstić information content (AvgIpc) is 3.30. The first kappa shape index (κ1) is 16.5.